The summed E-state index contributed by atoms with van der Waals surface area (Å²) in [6, 6.07) is 9.84. The van der Waals surface area contributed by atoms with Crippen molar-refractivity contribution in [2.45, 2.75) is 16.7 Å². The maximum Gasteiger partial charge on any atom is 0.261 e. The van der Waals surface area contributed by atoms with Gasteiger partial charge >= 0.3 is 0 Å². The summed E-state index contributed by atoms with van der Waals surface area (Å²) >= 11 is 0. The standard InChI is InChI=1S/C13H14N2O2S2/c1-14-11-10(16)15(2)13(12(14)17,19-18-11)8-9-6-4-3-5-7-9/h3-7,11H,8H2,1-2H3. The fraction of sp³-hybridized carbons (Fsp3) is 0.385. The maximum atomic E-state index is 12.6. The average molecular weight is 294 g/mol. The van der Waals surface area contributed by atoms with E-state index >= 15 is 0 Å². The molecule has 0 saturated carbocycles. The minimum atomic E-state index is -0.799. The van der Waals surface area contributed by atoms with Gasteiger partial charge < -0.3 is 9.80 Å². The van der Waals surface area contributed by atoms with E-state index in [-0.39, 0.29) is 17.2 Å². The van der Waals surface area contributed by atoms with E-state index in [0.717, 1.165) is 5.56 Å². The van der Waals surface area contributed by atoms with E-state index in [2.05, 4.69) is 0 Å². The van der Waals surface area contributed by atoms with Crippen LogP contribution in [0, 0.1) is 0 Å². The van der Waals surface area contributed by atoms with Crippen LogP contribution in [-0.2, 0) is 16.0 Å². The first kappa shape index (κ1) is 12.9. The number of hydrogen-bond acceptors (Lipinski definition) is 4. The van der Waals surface area contributed by atoms with Gasteiger partial charge in [-0.15, -0.1) is 0 Å². The number of carbonyl (C=O) groups is 2. The van der Waals surface area contributed by atoms with Crippen LogP contribution in [-0.4, -0.2) is 46.0 Å². The summed E-state index contributed by atoms with van der Waals surface area (Å²) in [5, 5.41) is -0.375. The minimum absolute atomic E-state index is 0.0155. The van der Waals surface area contributed by atoms with Gasteiger partial charge in [0.25, 0.3) is 11.8 Å². The van der Waals surface area contributed by atoms with Gasteiger partial charge in [-0.2, -0.15) is 0 Å². The van der Waals surface area contributed by atoms with Gasteiger partial charge in [0.1, 0.15) is 0 Å². The molecule has 19 heavy (non-hydrogen) atoms. The van der Waals surface area contributed by atoms with Crippen LogP contribution in [0.15, 0.2) is 30.3 Å². The van der Waals surface area contributed by atoms with Gasteiger partial charge in [0.15, 0.2) is 10.2 Å². The highest BCUT2D eigenvalue weighted by molar-refractivity contribution is 8.78. The average Bonchev–Trinajstić information content (AvgIpc) is 2.42. The summed E-state index contributed by atoms with van der Waals surface area (Å²) in [7, 11) is 6.44. The van der Waals surface area contributed by atoms with Gasteiger partial charge in [-0.05, 0) is 5.56 Å². The van der Waals surface area contributed by atoms with E-state index in [1.165, 1.54) is 21.6 Å². The Bertz CT molecular complexity index is 537. The van der Waals surface area contributed by atoms with Crippen LogP contribution >= 0.6 is 21.6 Å². The molecule has 2 unspecified atom stereocenters. The molecule has 3 fully saturated rings. The molecular formula is C13H14N2O2S2. The summed E-state index contributed by atoms with van der Waals surface area (Å²) in [4.78, 5) is 27.2. The third-order valence-corrected chi connectivity index (χ3v) is 6.98. The second kappa shape index (κ2) is 4.45. The first-order valence-electron chi connectivity index (χ1n) is 5.99. The monoisotopic (exact) mass is 294 g/mol. The fourth-order valence-electron chi connectivity index (χ4n) is 2.45. The molecule has 3 saturated heterocycles. The Labute approximate surface area is 119 Å². The lowest BCUT2D eigenvalue weighted by molar-refractivity contribution is -0.157. The minimum Gasteiger partial charge on any atom is -0.322 e. The zero-order valence-corrected chi connectivity index (χ0v) is 12.3. The molecule has 0 aromatic heterocycles. The van der Waals surface area contributed by atoms with Crippen molar-refractivity contribution in [3.05, 3.63) is 35.9 Å². The number of carbonyl (C=O) groups excluding carboxylic acids is 2. The first-order valence-corrected chi connectivity index (χ1v) is 8.21. The number of nitrogens with zero attached hydrogens (tertiary/aromatic N) is 2. The Morgan fingerprint density at radius 1 is 1.21 bits per heavy atom. The van der Waals surface area contributed by atoms with Crippen LogP contribution in [0.5, 0.6) is 0 Å². The van der Waals surface area contributed by atoms with Crippen molar-refractivity contribution in [3.8, 4) is 0 Å². The zero-order valence-electron chi connectivity index (χ0n) is 10.7. The van der Waals surface area contributed by atoms with Crippen molar-refractivity contribution < 1.29 is 9.59 Å². The molecule has 3 heterocycles. The Morgan fingerprint density at radius 2 is 1.89 bits per heavy atom. The quantitative estimate of drug-likeness (QED) is 0.777. The highest BCUT2D eigenvalue weighted by Gasteiger charge is 2.59. The molecule has 4 rings (SSSR count). The molecule has 1 aromatic carbocycles. The van der Waals surface area contributed by atoms with Crippen molar-refractivity contribution in [3.63, 3.8) is 0 Å². The molecule has 100 valence electrons. The number of amides is 2. The van der Waals surface area contributed by atoms with Crippen LogP contribution in [0.3, 0.4) is 0 Å². The molecule has 4 nitrogen and oxygen atoms in total. The number of hydrogen-bond donors (Lipinski definition) is 0. The topological polar surface area (TPSA) is 40.6 Å². The number of likely N-dealkylation sites (N-methyl/N-ethyl adjacent to an activating group) is 2. The Hall–Kier alpha value is -1.14. The Balaban J connectivity index is 2.00. The van der Waals surface area contributed by atoms with Crippen molar-refractivity contribution >= 4 is 33.4 Å². The van der Waals surface area contributed by atoms with Gasteiger partial charge in [-0.1, -0.05) is 51.9 Å². The predicted octanol–water partition coefficient (Wildman–Crippen LogP) is 1.58. The number of piperazine rings is 1. The molecule has 6 heteroatoms. The summed E-state index contributed by atoms with van der Waals surface area (Å²) in [5.74, 6) is 0.0361. The van der Waals surface area contributed by atoms with E-state index in [0.29, 0.717) is 6.42 Å². The van der Waals surface area contributed by atoms with Gasteiger partial charge in [-0.3, -0.25) is 9.59 Å². The second-order valence-electron chi connectivity index (χ2n) is 4.79. The first-order chi connectivity index (χ1) is 9.06. The molecule has 0 radical (unpaired) electrons. The van der Waals surface area contributed by atoms with Crippen LogP contribution < -0.4 is 0 Å². The molecule has 3 aliphatic heterocycles. The molecule has 2 bridgehead atoms. The van der Waals surface area contributed by atoms with Crippen molar-refractivity contribution in [1.82, 2.24) is 9.80 Å². The number of benzene rings is 1. The van der Waals surface area contributed by atoms with E-state index in [9.17, 15) is 9.59 Å². The zero-order chi connectivity index (χ0) is 13.6. The fourth-order valence-corrected chi connectivity index (χ4v) is 5.92. The van der Waals surface area contributed by atoms with E-state index in [1.807, 2.05) is 30.3 Å². The van der Waals surface area contributed by atoms with Gasteiger partial charge in [-0.25, -0.2) is 0 Å². The molecule has 0 spiro atoms. The highest BCUT2D eigenvalue weighted by atomic mass is 33.1. The van der Waals surface area contributed by atoms with Gasteiger partial charge in [0.05, 0.1) is 0 Å². The normalized spacial score (nSPS) is 30.1. The molecule has 3 aliphatic rings. The van der Waals surface area contributed by atoms with Crippen molar-refractivity contribution in [2.24, 2.45) is 0 Å². The Kier molecular flexibility index (Phi) is 3.02. The summed E-state index contributed by atoms with van der Waals surface area (Å²) < 4.78 is 0. The third kappa shape index (κ3) is 1.77. The van der Waals surface area contributed by atoms with Crippen molar-refractivity contribution in [2.75, 3.05) is 14.1 Å². The van der Waals surface area contributed by atoms with E-state index in [4.69, 9.17) is 0 Å². The third-order valence-electron chi connectivity index (χ3n) is 3.65. The smallest absolute Gasteiger partial charge is 0.261 e. The lowest BCUT2D eigenvalue weighted by atomic mass is 10.0. The Morgan fingerprint density at radius 3 is 2.58 bits per heavy atom. The van der Waals surface area contributed by atoms with E-state index < -0.39 is 4.87 Å². The second-order valence-corrected chi connectivity index (χ2v) is 7.35. The lowest BCUT2D eigenvalue weighted by Crippen LogP contribution is -2.70. The van der Waals surface area contributed by atoms with Gasteiger partial charge in [0.2, 0.25) is 0 Å². The highest BCUT2D eigenvalue weighted by Crippen LogP contribution is 2.53. The summed E-state index contributed by atoms with van der Waals surface area (Å²) in [6.07, 6.45) is 0.545. The van der Waals surface area contributed by atoms with Crippen LogP contribution in [0.2, 0.25) is 0 Å². The number of rotatable bonds is 2. The molecule has 2 amide bonds. The predicted molar refractivity (Wildman–Crippen MR) is 77.4 cm³/mol. The molecule has 0 N–H and O–H groups in total. The summed E-state index contributed by atoms with van der Waals surface area (Å²) in [6.45, 7) is 0. The largest absolute Gasteiger partial charge is 0.322 e. The number of fused-ring (bicyclic) bond motifs is 3. The van der Waals surface area contributed by atoms with Crippen LogP contribution in [0.4, 0.5) is 0 Å². The maximum absolute atomic E-state index is 12.6. The molecular weight excluding hydrogens is 280 g/mol. The lowest BCUT2D eigenvalue weighted by Gasteiger charge is -2.53. The van der Waals surface area contributed by atoms with E-state index in [1.54, 1.807) is 23.9 Å². The molecule has 1 aromatic rings. The van der Waals surface area contributed by atoms with Gasteiger partial charge in [0, 0.05) is 20.5 Å². The van der Waals surface area contributed by atoms with Crippen molar-refractivity contribution in [1.29, 1.82) is 0 Å². The SMILES string of the molecule is CN1C(=O)C2(Cc3ccccc3)SSC1C(=O)N2C. The van der Waals surface area contributed by atoms with Crippen LogP contribution in [0.25, 0.3) is 0 Å². The van der Waals surface area contributed by atoms with Crippen LogP contribution in [0.1, 0.15) is 5.56 Å². The molecule has 0 aliphatic carbocycles. The molecule has 2 atom stereocenters. The summed E-state index contributed by atoms with van der Waals surface area (Å²) in [5.41, 5.74) is 1.07.